The molecular weight excluding hydrogens is 407 g/mol. The van der Waals surface area contributed by atoms with Crippen molar-refractivity contribution in [2.45, 2.75) is 33.6 Å². The molecule has 13 heteroatoms. The van der Waals surface area contributed by atoms with E-state index in [1.54, 1.807) is 12.1 Å². The minimum absolute atomic E-state index is 0.0547. The van der Waals surface area contributed by atoms with Gasteiger partial charge >= 0.3 is 28.6 Å². The second-order valence-electron chi connectivity index (χ2n) is 7.32. The number of nitrogens with two attached hydrogens (primary N) is 1. The molecule has 0 aliphatic heterocycles. The van der Waals surface area contributed by atoms with Gasteiger partial charge in [0, 0.05) is 12.2 Å². The second kappa shape index (κ2) is 12.2. The van der Waals surface area contributed by atoms with Crippen LogP contribution in [0.1, 0.15) is 11.1 Å². The van der Waals surface area contributed by atoms with Crippen molar-refractivity contribution in [2.75, 3.05) is 5.73 Å². The van der Waals surface area contributed by atoms with Crippen molar-refractivity contribution >= 4 is 46.4 Å². The van der Waals surface area contributed by atoms with E-state index in [1.165, 1.54) is 37.4 Å². The number of benzene rings is 2. The van der Waals surface area contributed by atoms with Crippen LogP contribution in [0.4, 0.5) is 5.69 Å². The molecule has 0 heterocycles. The molecule has 2 aromatic rings. The average molecular weight is 435 g/mol. The highest BCUT2D eigenvalue weighted by Crippen LogP contribution is 2.17. The average Bonchev–Trinajstić information content (AvgIpc) is 2.71. The lowest BCUT2D eigenvalue weighted by Gasteiger charge is -2.36. The van der Waals surface area contributed by atoms with Crippen molar-refractivity contribution in [3.63, 3.8) is 0 Å². The normalized spacial score (nSPS) is 10.9. The van der Waals surface area contributed by atoms with E-state index < -0.39 is 21.2 Å². The molecule has 0 saturated carbocycles. The summed E-state index contributed by atoms with van der Waals surface area (Å²) in [4.78, 5) is 16.8. The zero-order valence-electron chi connectivity index (χ0n) is 18.5. The number of nitrogens with zero attached hydrogens (tertiary/aromatic N) is 3. The summed E-state index contributed by atoms with van der Waals surface area (Å²) in [5, 5.41) is 30.0. The van der Waals surface area contributed by atoms with Gasteiger partial charge in [0.1, 0.15) is 18.5 Å². The highest BCUT2D eigenvalue weighted by atomic mass is 16.5. The molecule has 0 aliphatic carbocycles. The Morgan fingerprint density at radius 2 is 1.75 bits per heavy atom. The number of ether oxygens (including phenoxy) is 1. The van der Waals surface area contributed by atoms with Crippen LogP contribution >= 0.6 is 0 Å². The van der Waals surface area contributed by atoms with Crippen LogP contribution in [0.15, 0.2) is 53.4 Å². The Kier molecular flexibility index (Phi) is 9.70. The lowest BCUT2D eigenvalue weighted by molar-refractivity contribution is 0.306. The third kappa shape index (κ3) is 7.67. The van der Waals surface area contributed by atoms with Crippen LogP contribution in [0.2, 0.25) is 20.5 Å². The summed E-state index contributed by atoms with van der Waals surface area (Å²) in [6.45, 7) is 4.92. The third-order valence-corrected chi connectivity index (χ3v) is 4.47. The van der Waals surface area contributed by atoms with Crippen LogP contribution in [0.3, 0.4) is 0 Å². The molecule has 9 nitrogen and oxygen atoms in total. The number of hydrogen-bond acceptors (Lipinski definition) is 7. The Balaban J connectivity index is 2.17. The quantitative estimate of drug-likeness (QED) is 0.139. The van der Waals surface area contributed by atoms with Gasteiger partial charge in [-0.25, -0.2) is 0 Å². The highest BCUT2D eigenvalue weighted by Gasteiger charge is 2.31. The molecule has 0 aliphatic rings. The van der Waals surface area contributed by atoms with E-state index in [1.807, 2.05) is 36.4 Å². The van der Waals surface area contributed by atoms with E-state index in [2.05, 4.69) is 4.90 Å². The van der Waals surface area contributed by atoms with Gasteiger partial charge in [0.2, 0.25) is 0 Å². The number of carbonyl (C=O) groups is 1. The molecule has 0 atom stereocenters. The summed E-state index contributed by atoms with van der Waals surface area (Å²) >= 11 is 0. The Morgan fingerprint density at radius 3 is 2.28 bits per heavy atom. The van der Waals surface area contributed by atoms with Crippen molar-refractivity contribution in [2.24, 2.45) is 4.90 Å². The third-order valence-electron chi connectivity index (χ3n) is 4.47. The summed E-state index contributed by atoms with van der Waals surface area (Å²) in [6.07, 6.45) is 0.572. The molecule has 1 radical (unpaired) electrons. The molecule has 0 spiro atoms. The first-order chi connectivity index (χ1) is 15.2. The van der Waals surface area contributed by atoms with E-state index in [4.69, 9.17) is 10.5 Å². The predicted molar refractivity (Wildman–Crippen MR) is 130 cm³/mol. The standard InChI is InChI=1S/C19H27B4N4O5/c1-21(29)25-19(27(22(2)30)23(3)31)26(20-14-28)12-15-7-9-18(10-8-15)32-13-16-5-4-6-17(24)11-16/h4-11,14,29-31H,12-13,24H2,1-3H3. The summed E-state index contributed by atoms with van der Waals surface area (Å²) < 4.78 is 6.98. The fraction of sp³-hybridized carbons (Fsp3) is 0.263. The van der Waals surface area contributed by atoms with E-state index in [0.717, 1.165) is 11.1 Å². The van der Waals surface area contributed by atoms with Gasteiger partial charge in [-0.2, -0.15) is 0 Å². The number of hydrogen-bond donors (Lipinski definition) is 4. The fourth-order valence-corrected chi connectivity index (χ4v) is 3.10. The van der Waals surface area contributed by atoms with Crippen molar-refractivity contribution in [3.8, 4) is 5.75 Å². The van der Waals surface area contributed by atoms with E-state index >= 15 is 0 Å². The molecule has 0 bridgehead atoms. The van der Waals surface area contributed by atoms with E-state index in [-0.39, 0.29) is 12.5 Å². The smallest absolute Gasteiger partial charge is 0.431 e. The molecule has 0 fully saturated rings. The van der Waals surface area contributed by atoms with Crippen molar-refractivity contribution < 1.29 is 24.6 Å². The first-order valence-electron chi connectivity index (χ1n) is 10.2. The Labute approximate surface area is 190 Å². The largest absolute Gasteiger partial charge is 0.489 e. The van der Waals surface area contributed by atoms with Gasteiger partial charge in [0.15, 0.2) is 5.96 Å². The zero-order chi connectivity index (χ0) is 23.7. The molecule has 0 saturated heterocycles. The summed E-state index contributed by atoms with van der Waals surface area (Å²) in [5.41, 5.74) is 8.22. The van der Waals surface area contributed by atoms with Crippen molar-refractivity contribution in [3.05, 3.63) is 59.7 Å². The van der Waals surface area contributed by atoms with Gasteiger partial charge in [-0.3, -0.25) is 4.90 Å². The number of carbonyl (C=O) groups excluding carboxylic acids is 1. The number of nitrogen functional groups attached to an aromatic ring is 1. The minimum atomic E-state index is -1.12. The van der Waals surface area contributed by atoms with Gasteiger partial charge < -0.3 is 39.9 Å². The Morgan fingerprint density at radius 1 is 1.09 bits per heavy atom. The molecule has 0 amide bonds. The van der Waals surface area contributed by atoms with Crippen LogP contribution in [-0.2, 0) is 17.9 Å². The van der Waals surface area contributed by atoms with Gasteiger partial charge in [0.25, 0.3) is 0 Å². The molecular formula is C19H27B4N4O5. The number of anilines is 1. The summed E-state index contributed by atoms with van der Waals surface area (Å²) in [5.74, 6) is 0.716. The maximum absolute atomic E-state index is 11.3. The molecule has 32 heavy (non-hydrogen) atoms. The molecule has 2 aromatic carbocycles. The summed E-state index contributed by atoms with van der Waals surface area (Å²) in [7, 11) is -2.12. The van der Waals surface area contributed by atoms with Gasteiger partial charge in [0.05, 0.1) is 0 Å². The SMILES string of the molecule is CB(O)N=C(N([B]C=O)Cc1ccc(OCc2cccc(N)c2)cc1)N(B(C)O)B(C)O. The maximum Gasteiger partial charge on any atom is 0.431 e. The van der Waals surface area contributed by atoms with E-state index in [9.17, 15) is 19.9 Å². The molecule has 165 valence electrons. The fourth-order valence-electron chi connectivity index (χ4n) is 3.10. The number of guanidine groups is 1. The van der Waals surface area contributed by atoms with Gasteiger partial charge in [-0.05, 0) is 55.9 Å². The molecule has 5 N–H and O–H groups in total. The van der Waals surface area contributed by atoms with Gasteiger partial charge in [-0.1, -0.05) is 24.3 Å². The van der Waals surface area contributed by atoms with Crippen molar-refractivity contribution in [1.82, 2.24) is 9.53 Å². The minimum Gasteiger partial charge on any atom is -0.489 e. The van der Waals surface area contributed by atoms with E-state index in [0.29, 0.717) is 24.2 Å². The monoisotopic (exact) mass is 435 g/mol. The molecule has 2 rings (SSSR count). The topological polar surface area (TPSA) is 132 Å². The van der Waals surface area contributed by atoms with Crippen molar-refractivity contribution in [1.29, 1.82) is 0 Å². The molecule has 0 unspecified atom stereocenters. The van der Waals surface area contributed by atoms with Crippen LogP contribution in [0.5, 0.6) is 5.75 Å². The second-order valence-corrected chi connectivity index (χ2v) is 7.32. The molecule has 0 aromatic heterocycles. The Bertz CT molecular complexity index is 892. The number of rotatable bonds is 10. The Hall–Kier alpha value is -2.88. The first kappa shape index (κ1) is 25.4. The summed E-state index contributed by atoms with van der Waals surface area (Å²) in [6, 6.07) is 14.7. The van der Waals surface area contributed by atoms with Crippen LogP contribution in [-0.4, -0.2) is 65.3 Å². The maximum atomic E-state index is 11.3. The predicted octanol–water partition coefficient (Wildman–Crippen LogP) is 0.448. The van der Waals surface area contributed by atoms with Crippen LogP contribution in [0.25, 0.3) is 0 Å². The van der Waals surface area contributed by atoms with Crippen LogP contribution < -0.4 is 10.5 Å². The zero-order valence-corrected chi connectivity index (χ0v) is 18.5. The van der Waals surface area contributed by atoms with Crippen LogP contribution in [0, 0.1) is 0 Å². The first-order valence-corrected chi connectivity index (χ1v) is 10.2. The highest BCUT2D eigenvalue weighted by molar-refractivity contribution is 6.72. The lowest BCUT2D eigenvalue weighted by atomic mass is 9.69. The lowest BCUT2D eigenvalue weighted by Crippen LogP contribution is -2.57. The van der Waals surface area contributed by atoms with Gasteiger partial charge in [-0.15, -0.1) is 0 Å².